The summed E-state index contributed by atoms with van der Waals surface area (Å²) >= 11 is 0. The Hall–Kier alpha value is -1.39. The van der Waals surface area contributed by atoms with E-state index in [0.29, 0.717) is 19.7 Å². The van der Waals surface area contributed by atoms with Gasteiger partial charge in [0.05, 0.1) is 6.61 Å². The van der Waals surface area contributed by atoms with Gasteiger partial charge in [0.15, 0.2) is 0 Å². The molecule has 1 saturated heterocycles. The zero-order valence-corrected chi connectivity index (χ0v) is 9.84. The number of nitrogens with two attached hydrogens (primary N) is 1. The Kier molecular flexibility index (Phi) is 4.12. The molecule has 1 heterocycles. The molecule has 17 heavy (non-hydrogen) atoms. The monoisotopic (exact) mass is 234 g/mol. The van der Waals surface area contributed by atoms with Crippen molar-refractivity contribution in [2.45, 2.75) is 19.0 Å². The molecule has 4 nitrogen and oxygen atoms in total. The molecule has 0 aliphatic carbocycles. The molecule has 1 aliphatic rings. The average Bonchev–Trinajstić information content (AvgIpc) is 2.76. The zero-order valence-electron chi connectivity index (χ0n) is 9.84. The van der Waals surface area contributed by atoms with E-state index in [1.165, 1.54) is 5.56 Å². The van der Waals surface area contributed by atoms with Crippen LogP contribution in [0.5, 0.6) is 0 Å². The van der Waals surface area contributed by atoms with E-state index in [4.69, 9.17) is 10.5 Å². The number of ether oxygens (including phenoxy) is 1. The van der Waals surface area contributed by atoms with Crippen LogP contribution in [0.15, 0.2) is 30.3 Å². The second-order valence-electron chi connectivity index (χ2n) is 4.22. The van der Waals surface area contributed by atoms with Crippen molar-refractivity contribution >= 4 is 5.97 Å². The topological polar surface area (TPSA) is 55.6 Å². The molecule has 1 aromatic carbocycles. The summed E-state index contributed by atoms with van der Waals surface area (Å²) in [6.45, 7) is 2.54. The lowest BCUT2D eigenvalue weighted by molar-refractivity contribution is -0.142. The van der Waals surface area contributed by atoms with Gasteiger partial charge < -0.3 is 10.5 Å². The van der Waals surface area contributed by atoms with Gasteiger partial charge in [0.2, 0.25) is 0 Å². The van der Waals surface area contributed by atoms with E-state index in [2.05, 4.69) is 17.0 Å². The van der Waals surface area contributed by atoms with Crippen LogP contribution in [0.2, 0.25) is 0 Å². The van der Waals surface area contributed by atoms with Crippen LogP contribution in [0.25, 0.3) is 0 Å². The number of carbonyl (C=O) groups is 1. The first-order valence-electron chi connectivity index (χ1n) is 5.96. The van der Waals surface area contributed by atoms with Gasteiger partial charge in [0, 0.05) is 26.1 Å². The Morgan fingerprint density at radius 3 is 2.71 bits per heavy atom. The van der Waals surface area contributed by atoms with Crippen molar-refractivity contribution in [1.82, 2.24) is 4.90 Å². The first-order chi connectivity index (χ1) is 8.31. The summed E-state index contributed by atoms with van der Waals surface area (Å²) < 4.78 is 5.01. The molecule has 92 valence electrons. The maximum Gasteiger partial charge on any atom is 0.323 e. The van der Waals surface area contributed by atoms with Gasteiger partial charge in [-0.15, -0.1) is 0 Å². The van der Waals surface area contributed by atoms with Gasteiger partial charge in [-0.05, 0) is 5.56 Å². The number of hydrogen-bond acceptors (Lipinski definition) is 4. The molecule has 0 radical (unpaired) electrons. The quantitative estimate of drug-likeness (QED) is 0.764. The van der Waals surface area contributed by atoms with E-state index < -0.39 is 0 Å². The maximum atomic E-state index is 11.6. The summed E-state index contributed by atoms with van der Waals surface area (Å²) in [7, 11) is 0. The van der Waals surface area contributed by atoms with E-state index >= 15 is 0 Å². The fourth-order valence-electron chi connectivity index (χ4n) is 2.15. The molecule has 0 spiro atoms. The van der Waals surface area contributed by atoms with E-state index in [1.807, 2.05) is 18.2 Å². The summed E-state index contributed by atoms with van der Waals surface area (Å²) in [6, 6.07) is 9.99. The highest BCUT2D eigenvalue weighted by atomic mass is 16.5. The molecule has 1 atom stereocenters. The smallest absolute Gasteiger partial charge is 0.323 e. The molecular weight excluding hydrogens is 216 g/mol. The van der Waals surface area contributed by atoms with E-state index in [1.54, 1.807) is 0 Å². The zero-order chi connectivity index (χ0) is 12.1. The standard InChI is InChI=1S/C13H18N2O2/c14-7-8-15(12-6-9-17-13(12)16)10-11-4-2-1-3-5-11/h1-5,12H,6-10,14H2. The predicted molar refractivity (Wildman–Crippen MR) is 65.3 cm³/mol. The second kappa shape index (κ2) is 5.80. The molecule has 1 unspecified atom stereocenters. The molecule has 1 aromatic rings. The van der Waals surface area contributed by atoms with Crippen LogP contribution in [0, 0.1) is 0 Å². The highest BCUT2D eigenvalue weighted by molar-refractivity contribution is 5.77. The third kappa shape index (κ3) is 3.05. The molecule has 2 rings (SSSR count). The normalized spacial score (nSPS) is 19.6. The molecule has 0 aromatic heterocycles. The molecule has 4 heteroatoms. The van der Waals surface area contributed by atoms with Crippen LogP contribution < -0.4 is 5.73 Å². The van der Waals surface area contributed by atoms with Crippen molar-refractivity contribution in [2.75, 3.05) is 19.7 Å². The summed E-state index contributed by atoms with van der Waals surface area (Å²) in [4.78, 5) is 13.7. The second-order valence-corrected chi connectivity index (χ2v) is 4.22. The number of nitrogens with zero attached hydrogens (tertiary/aromatic N) is 1. The van der Waals surface area contributed by atoms with E-state index in [9.17, 15) is 4.79 Å². The Bertz CT molecular complexity index is 367. The van der Waals surface area contributed by atoms with Gasteiger partial charge in [-0.2, -0.15) is 0 Å². The summed E-state index contributed by atoms with van der Waals surface area (Å²) in [5.41, 5.74) is 6.80. The number of carbonyl (C=O) groups excluding carboxylic acids is 1. The van der Waals surface area contributed by atoms with Crippen molar-refractivity contribution in [3.8, 4) is 0 Å². The Labute approximate surface area is 101 Å². The van der Waals surface area contributed by atoms with Gasteiger partial charge in [0.25, 0.3) is 0 Å². The number of cyclic esters (lactones) is 1. The van der Waals surface area contributed by atoms with E-state index in [0.717, 1.165) is 13.0 Å². The van der Waals surface area contributed by atoms with Crippen molar-refractivity contribution in [2.24, 2.45) is 5.73 Å². The lowest BCUT2D eigenvalue weighted by Gasteiger charge is -2.25. The molecule has 0 saturated carbocycles. The third-order valence-corrected chi connectivity index (χ3v) is 2.99. The first kappa shape index (κ1) is 12.1. The average molecular weight is 234 g/mol. The largest absolute Gasteiger partial charge is 0.464 e. The summed E-state index contributed by atoms with van der Waals surface area (Å²) in [5, 5.41) is 0. The molecule has 1 aliphatic heterocycles. The minimum absolute atomic E-state index is 0.116. The van der Waals surface area contributed by atoms with Gasteiger partial charge in [-0.25, -0.2) is 0 Å². The molecule has 1 fully saturated rings. The first-order valence-corrected chi connectivity index (χ1v) is 5.96. The minimum Gasteiger partial charge on any atom is -0.464 e. The number of benzene rings is 1. The number of rotatable bonds is 5. The molecule has 0 bridgehead atoms. The maximum absolute atomic E-state index is 11.6. The summed E-state index contributed by atoms with van der Waals surface area (Å²) in [6.07, 6.45) is 0.770. The Morgan fingerprint density at radius 1 is 1.35 bits per heavy atom. The van der Waals surface area contributed by atoms with Crippen LogP contribution >= 0.6 is 0 Å². The Balaban J connectivity index is 2.04. The number of esters is 1. The molecule has 2 N–H and O–H groups in total. The fraction of sp³-hybridized carbons (Fsp3) is 0.462. The van der Waals surface area contributed by atoms with Crippen molar-refractivity contribution < 1.29 is 9.53 Å². The highest BCUT2D eigenvalue weighted by Crippen LogP contribution is 2.16. The van der Waals surface area contributed by atoms with Gasteiger partial charge in [-0.1, -0.05) is 30.3 Å². The van der Waals surface area contributed by atoms with Gasteiger partial charge in [0.1, 0.15) is 6.04 Å². The lowest BCUT2D eigenvalue weighted by atomic mass is 10.1. The van der Waals surface area contributed by atoms with Gasteiger partial charge >= 0.3 is 5.97 Å². The van der Waals surface area contributed by atoms with Crippen molar-refractivity contribution in [1.29, 1.82) is 0 Å². The van der Waals surface area contributed by atoms with Crippen LogP contribution in [0.4, 0.5) is 0 Å². The van der Waals surface area contributed by atoms with Crippen molar-refractivity contribution in [3.05, 3.63) is 35.9 Å². The third-order valence-electron chi connectivity index (χ3n) is 2.99. The summed E-state index contributed by atoms with van der Waals surface area (Å²) in [5.74, 6) is -0.116. The van der Waals surface area contributed by atoms with Crippen LogP contribution in [-0.4, -0.2) is 36.6 Å². The highest BCUT2D eigenvalue weighted by Gasteiger charge is 2.31. The molecule has 0 amide bonds. The predicted octanol–water partition coefficient (Wildman–Crippen LogP) is 0.763. The van der Waals surface area contributed by atoms with Crippen LogP contribution in [0.3, 0.4) is 0 Å². The van der Waals surface area contributed by atoms with E-state index in [-0.39, 0.29) is 12.0 Å². The van der Waals surface area contributed by atoms with Gasteiger partial charge in [-0.3, -0.25) is 9.69 Å². The SMILES string of the molecule is NCCN(Cc1ccccc1)C1CCOC1=O. The van der Waals surface area contributed by atoms with Crippen molar-refractivity contribution in [3.63, 3.8) is 0 Å². The fourth-order valence-corrected chi connectivity index (χ4v) is 2.15. The minimum atomic E-state index is -0.126. The van der Waals surface area contributed by atoms with Crippen LogP contribution in [0.1, 0.15) is 12.0 Å². The Morgan fingerprint density at radius 2 is 2.12 bits per heavy atom. The lowest BCUT2D eigenvalue weighted by Crippen LogP contribution is -2.40. The molecular formula is C13H18N2O2. The van der Waals surface area contributed by atoms with Crippen LogP contribution in [-0.2, 0) is 16.1 Å². The number of hydrogen-bond donors (Lipinski definition) is 1.